The van der Waals surface area contributed by atoms with Gasteiger partial charge in [0.15, 0.2) is 0 Å². The highest BCUT2D eigenvalue weighted by molar-refractivity contribution is 5.32. The van der Waals surface area contributed by atoms with Gasteiger partial charge < -0.3 is 10.1 Å². The van der Waals surface area contributed by atoms with Gasteiger partial charge in [-0.3, -0.25) is 0 Å². The standard InChI is InChI=1S/C12H13N3O/c1-13-11-7-8-12(15-14-11)16-9-10-5-3-2-4-6-10/h2-8H,9H2,1H3,(H,13,14). The molecule has 0 saturated heterocycles. The minimum absolute atomic E-state index is 0.508. The van der Waals surface area contributed by atoms with Gasteiger partial charge in [-0.15, -0.1) is 10.2 Å². The summed E-state index contributed by atoms with van der Waals surface area (Å²) in [6.45, 7) is 0.508. The van der Waals surface area contributed by atoms with Crippen LogP contribution in [0.15, 0.2) is 42.5 Å². The summed E-state index contributed by atoms with van der Waals surface area (Å²) in [5, 5.41) is 10.8. The average Bonchev–Trinajstić information content (AvgIpc) is 2.38. The molecule has 4 nitrogen and oxygen atoms in total. The Balaban J connectivity index is 1.94. The van der Waals surface area contributed by atoms with Crippen LogP contribution in [0.1, 0.15) is 5.56 Å². The van der Waals surface area contributed by atoms with Crippen LogP contribution in [-0.2, 0) is 6.61 Å². The van der Waals surface area contributed by atoms with Crippen LogP contribution in [-0.4, -0.2) is 17.2 Å². The van der Waals surface area contributed by atoms with Gasteiger partial charge in [0.05, 0.1) is 0 Å². The van der Waals surface area contributed by atoms with Crippen molar-refractivity contribution in [2.45, 2.75) is 6.61 Å². The lowest BCUT2D eigenvalue weighted by molar-refractivity contribution is 0.290. The van der Waals surface area contributed by atoms with Gasteiger partial charge in [-0.1, -0.05) is 30.3 Å². The summed E-state index contributed by atoms with van der Waals surface area (Å²) < 4.78 is 5.49. The largest absolute Gasteiger partial charge is 0.472 e. The zero-order valence-electron chi connectivity index (χ0n) is 9.05. The fraction of sp³-hybridized carbons (Fsp3) is 0.167. The van der Waals surface area contributed by atoms with Crippen molar-refractivity contribution in [3.05, 3.63) is 48.0 Å². The molecule has 0 amide bonds. The molecule has 4 heteroatoms. The summed E-state index contributed by atoms with van der Waals surface area (Å²) in [4.78, 5) is 0. The Morgan fingerprint density at radius 3 is 2.50 bits per heavy atom. The molecule has 0 atom stereocenters. The van der Waals surface area contributed by atoms with Gasteiger partial charge >= 0.3 is 0 Å². The number of benzene rings is 1. The monoisotopic (exact) mass is 215 g/mol. The summed E-state index contributed by atoms with van der Waals surface area (Å²) >= 11 is 0. The molecule has 82 valence electrons. The van der Waals surface area contributed by atoms with Crippen molar-refractivity contribution in [1.82, 2.24) is 10.2 Å². The first-order valence-electron chi connectivity index (χ1n) is 5.06. The van der Waals surface area contributed by atoms with E-state index in [2.05, 4.69) is 15.5 Å². The fourth-order valence-corrected chi connectivity index (χ4v) is 1.26. The summed E-state index contributed by atoms with van der Waals surface area (Å²) in [7, 11) is 1.80. The Morgan fingerprint density at radius 2 is 1.88 bits per heavy atom. The Kier molecular flexibility index (Phi) is 3.33. The maximum Gasteiger partial charge on any atom is 0.233 e. The van der Waals surface area contributed by atoms with Crippen molar-refractivity contribution in [2.75, 3.05) is 12.4 Å². The summed E-state index contributed by atoms with van der Waals surface area (Å²) in [5.41, 5.74) is 1.11. The van der Waals surface area contributed by atoms with Crippen molar-refractivity contribution in [3.63, 3.8) is 0 Å². The topological polar surface area (TPSA) is 47.0 Å². The number of anilines is 1. The van der Waals surface area contributed by atoms with Crippen molar-refractivity contribution < 1.29 is 4.74 Å². The SMILES string of the molecule is CNc1ccc(OCc2ccccc2)nn1. The summed E-state index contributed by atoms with van der Waals surface area (Å²) in [5.74, 6) is 1.26. The van der Waals surface area contributed by atoms with E-state index in [9.17, 15) is 0 Å². The number of hydrogen-bond acceptors (Lipinski definition) is 4. The molecule has 0 fully saturated rings. The first kappa shape index (κ1) is 10.4. The molecular formula is C12H13N3O. The van der Waals surface area contributed by atoms with Crippen LogP contribution in [0.2, 0.25) is 0 Å². The van der Waals surface area contributed by atoms with Crippen molar-refractivity contribution in [3.8, 4) is 5.88 Å². The van der Waals surface area contributed by atoms with Crippen LogP contribution in [0.3, 0.4) is 0 Å². The second-order valence-electron chi connectivity index (χ2n) is 3.28. The Bertz CT molecular complexity index is 428. The Morgan fingerprint density at radius 1 is 1.06 bits per heavy atom. The Labute approximate surface area is 94.3 Å². The molecule has 0 aliphatic heterocycles. The number of nitrogens with zero attached hydrogens (tertiary/aromatic N) is 2. The van der Waals surface area contributed by atoms with E-state index < -0.39 is 0 Å². The van der Waals surface area contributed by atoms with E-state index in [1.54, 1.807) is 13.1 Å². The zero-order chi connectivity index (χ0) is 11.2. The normalized spacial score (nSPS) is 9.81. The molecule has 1 heterocycles. The summed E-state index contributed by atoms with van der Waals surface area (Å²) in [6, 6.07) is 13.6. The van der Waals surface area contributed by atoms with Crippen molar-refractivity contribution in [1.29, 1.82) is 0 Å². The first-order chi connectivity index (χ1) is 7.88. The first-order valence-corrected chi connectivity index (χ1v) is 5.06. The van der Waals surface area contributed by atoms with Crippen molar-refractivity contribution >= 4 is 5.82 Å². The van der Waals surface area contributed by atoms with Crippen LogP contribution in [0.25, 0.3) is 0 Å². The number of rotatable bonds is 4. The quantitative estimate of drug-likeness (QED) is 0.848. The van der Waals surface area contributed by atoms with Crippen LogP contribution in [0.4, 0.5) is 5.82 Å². The molecule has 2 aromatic rings. The van der Waals surface area contributed by atoms with Gasteiger partial charge in [0.2, 0.25) is 5.88 Å². The van der Waals surface area contributed by atoms with E-state index in [-0.39, 0.29) is 0 Å². The molecule has 0 aliphatic carbocycles. The number of hydrogen-bond donors (Lipinski definition) is 1. The van der Waals surface area contributed by atoms with Crippen LogP contribution in [0.5, 0.6) is 5.88 Å². The number of nitrogens with one attached hydrogen (secondary N) is 1. The highest BCUT2D eigenvalue weighted by Crippen LogP contribution is 2.10. The molecule has 1 aromatic carbocycles. The molecule has 16 heavy (non-hydrogen) atoms. The van der Waals surface area contributed by atoms with E-state index in [0.717, 1.165) is 11.4 Å². The van der Waals surface area contributed by atoms with Crippen LogP contribution < -0.4 is 10.1 Å². The maximum absolute atomic E-state index is 5.49. The molecule has 2 rings (SSSR count). The van der Waals surface area contributed by atoms with Gasteiger partial charge in [-0.05, 0) is 11.6 Å². The lowest BCUT2D eigenvalue weighted by atomic mass is 10.2. The second-order valence-corrected chi connectivity index (χ2v) is 3.28. The molecule has 0 unspecified atom stereocenters. The second kappa shape index (κ2) is 5.11. The fourth-order valence-electron chi connectivity index (χ4n) is 1.26. The van der Waals surface area contributed by atoms with Crippen LogP contribution in [0, 0.1) is 0 Å². The highest BCUT2D eigenvalue weighted by Gasteiger charge is 1.97. The molecule has 0 bridgehead atoms. The zero-order valence-corrected chi connectivity index (χ0v) is 9.05. The third kappa shape index (κ3) is 2.70. The predicted molar refractivity (Wildman–Crippen MR) is 62.4 cm³/mol. The molecule has 1 N–H and O–H groups in total. The third-order valence-corrected chi connectivity index (χ3v) is 2.13. The molecule has 0 saturated carbocycles. The highest BCUT2D eigenvalue weighted by atomic mass is 16.5. The molecular weight excluding hydrogens is 202 g/mol. The number of aromatic nitrogens is 2. The third-order valence-electron chi connectivity index (χ3n) is 2.13. The molecule has 0 aliphatic rings. The lowest BCUT2D eigenvalue weighted by Crippen LogP contribution is -1.99. The van der Waals surface area contributed by atoms with E-state index in [1.165, 1.54) is 0 Å². The van der Waals surface area contributed by atoms with Gasteiger partial charge in [-0.25, -0.2) is 0 Å². The predicted octanol–water partition coefficient (Wildman–Crippen LogP) is 2.10. The Hall–Kier alpha value is -2.10. The van der Waals surface area contributed by atoms with E-state index in [0.29, 0.717) is 12.5 Å². The van der Waals surface area contributed by atoms with Gasteiger partial charge in [0.1, 0.15) is 12.4 Å². The smallest absolute Gasteiger partial charge is 0.233 e. The van der Waals surface area contributed by atoms with Crippen LogP contribution >= 0.6 is 0 Å². The lowest BCUT2D eigenvalue weighted by Gasteiger charge is -2.04. The maximum atomic E-state index is 5.49. The van der Waals surface area contributed by atoms with E-state index in [1.807, 2.05) is 36.4 Å². The summed E-state index contributed by atoms with van der Waals surface area (Å²) in [6.07, 6.45) is 0. The van der Waals surface area contributed by atoms with E-state index >= 15 is 0 Å². The minimum Gasteiger partial charge on any atom is -0.472 e. The molecule has 1 aromatic heterocycles. The van der Waals surface area contributed by atoms with Gasteiger partial charge in [0, 0.05) is 13.1 Å². The van der Waals surface area contributed by atoms with Crippen molar-refractivity contribution in [2.24, 2.45) is 0 Å². The molecule has 0 radical (unpaired) electrons. The number of ether oxygens (including phenoxy) is 1. The average molecular weight is 215 g/mol. The molecule has 0 spiro atoms. The van der Waals surface area contributed by atoms with Gasteiger partial charge in [-0.2, -0.15) is 0 Å². The van der Waals surface area contributed by atoms with E-state index in [4.69, 9.17) is 4.74 Å². The van der Waals surface area contributed by atoms with Gasteiger partial charge in [0.25, 0.3) is 0 Å². The minimum atomic E-state index is 0.508.